The molecule has 1 N–H and O–H groups in total. The summed E-state index contributed by atoms with van der Waals surface area (Å²) in [6, 6.07) is 13.0. The first-order valence-corrected chi connectivity index (χ1v) is 7.73. The maximum Gasteiger partial charge on any atom is 0.225 e. The van der Waals surface area contributed by atoms with E-state index in [1.807, 2.05) is 49.4 Å². The van der Waals surface area contributed by atoms with Crippen LogP contribution < -0.4 is 19.5 Å². The number of para-hydroxylation sites is 2. The van der Waals surface area contributed by atoms with Crippen LogP contribution in [0.3, 0.4) is 0 Å². The normalized spacial score (nSPS) is 11.5. The van der Waals surface area contributed by atoms with Crippen LogP contribution in [0.4, 0.5) is 5.69 Å². The fourth-order valence-electron chi connectivity index (χ4n) is 2.56. The van der Waals surface area contributed by atoms with Gasteiger partial charge in [-0.3, -0.25) is 4.79 Å². The minimum absolute atomic E-state index is 0.000522. The molecule has 0 radical (unpaired) electrons. The van der Waals surface area contributed by atoms with Gasteiger partial charge in [0.25, 0.3) is 0 Å². The number of methoxy groups -OCH3 is 3. The van der Waals surface area contributed by atoms with Gasteiger partial charge in [-0.25, -0.2) is 0 Å². The third kappa shape index (κ3) is 4.19. The minimum Gasteiger partial charge on any atom is -0.497 e. The summed E-state index contributed by atoms with van der Waals surface area (Å²) >= 11 is 0. The Hall–Kier alpha value is -2.69. The van der Waals surface area contributed by atoms with Gasteiger partial charge in [-0.15, -0.1) is 0 Å². The van der Waals surface area contributed by atoms with E-state index in [4.69, 9.17) is 14.2 Å². The lowest BCUT2D eigenvalue weighted by molar-refractivity contribution is -0.116. The van der Waals surface area contributed by atoms with Crippen LogP contribution in [-0.4, -0.2) is 27.2 Å². The molecule has 0 saturated heterocycles. The number of carbonyl (C=O) groups is 1. The van der Waals surface area contributed by atoms with E-state index >= 15 is 0 Å². The highest BCUT2D eigenvalue weighted by molar-refractivity contribution is 5.92. The fourth-order valence-corrected chi connectivity index (χ4v) is 2.56. The zero-order valence-corrected chi connectivity index (χ0v) is 14.5. The molecule has 0 aliphatic heterocycles. The number of hydrogen-bond donors (Lipinski definition) is 1. The number of anilines is 1. The molecule has 0 aliphatic carbocycles. The molecule has 0 saturated carbocycles. The van der Waals surface area contributed by atoms with Crippen molar-refractivity contribution >= 4 is 11.6 Å². The van der Waals surface area contributed by atoms with Gasteiger partial charge in [-0.05, 0) is 29.7 Å². The molecule has 0 bridgehead atoms. The number of nitrogens with one attached hydrogen (secondary N) is 1. The lowest BCUT2D eigenvalue weighted by Crippen LogP contribution is -2.15. The summed E-state index contributed by atoms with van der Waals surface area (Å²) in [6.07, 6.45) is 0.334. The van der Waals surface area contributed by atoms with Crippen molar-refractivity contribution in [2.45, 2.75) is 19.3 Å². The SMILES string of the molecule is COc1ccc(C(C)CC(=O)Nc2ccccc2OC)c(OC)c1. The molecule has 1 unspecified atom stereocenters. The van der Waals surface area contributed by atoms with Crippen LogP contribution in [0.1, 0.15) is 24.8 Å². The zero-order chi connectivity index (χ0) is 17.5. The first kappa shape index (κ1) is 17.7. The molecule has 0 aliphatic rings. The topological polar surface area (TPSA) is 56.8 Å². The Morgan fingerprint density at radius 3 is 2.38 bits per heavy atom. The third-order valence-corrected chi connectivity index (χ3v) is 3.84. The highest BCUT2D eigenvalue weighted by Crippen LogP contribution is 2.32. The van der Waals surface area contributed by atoms with E-state index in [0.717, 1.165) is 11.3 Å². The van der Waals surface area contributed by atoms with E-state index in [1.165, 1.54) is 0 Å². The molecule has 1 amide bonds. The molecule has 5 nitrogen and oxygen atoms in total. The molecule has 0 fully saturated rings. The molecular formula is C19H23NO4. The summed E-state index contributed by atoms with van der Waals surface area (Å²) in [4.78, 5) is 12.4. The van der Waals surface area contributed by atoms with Gasteiger partial charge in [0.2, 0.25) is 5.91 Å². The van der Waals surface area contributed by atoms with Gasteiger partial charge in [0.05, 0.1) is 27.0 Å². The minimum atomic E-state index is -0.0788. The van der Waals surface area contributed by atoms with Gasteiger partial charge >= 0.3 is 0 Å². The van der Waals surface area contributed by atoms with Crippen LogP contribution in [0.2, 0.25) is 0 Å². The molecule has 1 atom stereocenters. The van der Waals surface area contributed by atoms with Crippen LogP contribution in [0, 0.1) is 0 Å². The zero-order valence-electron chi connectivity index (χ0n) is 14.5. The smallest absolute Gasteiger partial charge is 0.225 e. The monoisotopic (exact) mass is 329 g/mol. The Morgan fingerprint density at radius 1 is 1.00 bits per heavy atom. The number of hydrogen-bond acceptors (Lipinski definition) is 4. The fraction of sp³-hybridized carbons (Fsp3) is 0.316. The van der Waals surface area contributed by atoms with Crippen molar-refractivity contribution in [3.8, 4) is 17.2 Å². The van der Waals surface area contributed by atoms with Gasteiger partial charge in [0.15, 0.2) is 0 Å². The Bertz CT molecular complexity index is 700. The predicted molar refractivity (Wildman–Crippen MR) is 94.2 cm³/mol. The molecule has 0 spiro atoms. The summed E-state index contributed by atoms with van der Waals surface area (Å²) in [5.74, 6) is 2.00. The highest BCUT2D eigenvalue weighted by Gasteiger charge is 2.17. The predicted octanol–water partition coefficient (Wildman–Crippen LogP) is 3.84. The second kappa shape index (κ2) is 8.24. The molecule has 0 aromatic heterocycles. The maximum absolute atomic E-state index is 12.4. The van der Waals surface area contributed by atoms with Crippen molar-refractivity contribution in [3.05, 3.63) is 48.0 Å². The van der Waals surface area contributed by atoms with E-state index in [9.17, 15) is 4.79 Å². The number of benzene rings is 2. The van der Waals surface area contributed by atoms with Gasteiger partial charge < -0.3 is 19.5 Å². The number of rotatable bonds is 7. The van der Waals surface area contributed by atoms with E-state index in [2.05, 4.69) is 5.32 Å². The van der Waals surface area contributed by atoms with Gasteiger partial charge in [-0.1, -0.05) is 25.1 Å². The van der Waals surface area contributed by atoms with Gasteiger partial charge in [-0.2, -0.15) is 0 Å². The molecule has 24 heavy (non-hydrogen) atoms. The Morgan fingerprint density at radius 2 is 1.71 bits per heavy atom. The first-order valence-electron chi connectivity index (χ1n) is 7.73. The Labute approximate surface area is 142 Å². The third-order valence-electron chi connectivity index (χ3n) is 3.84. The van der Waals surface area contributed by atoms with Crippen molar-refractivity contribution < 1.29 is 19.0 Å². The molecular weight excluding hydrogens is 306 g/mol. The quantitative estimate of drug-likeness (QED) is 0.838. The summed E-state index contributed by atoms with van der Waals surface area (Å²) in [7, 11) is 4.80. The Kier molecular flexibility index (Phi) is 6.07. The number of amides is 1. The second-order valence-electron chi connectivity index (χ2n) is 5.46. The Balaban J connectivity index is 2.09. The lowest BCUT2D eigenvalue weighted by Gasteiger charge is -2.17. The van der Waals surface area contributed by atoms with E-state index in [0.29, 0.717) is 23.6 Å². The number of ether oxygens (including phenoxy) is 3. The molecule has 2 aromatic carbocycles. The van der Waals surface area contributed by atoms with E-state index in [-0.39, 0.29) is 11.8 Å². The molecule has 0 heterocycles. The van der Waals surface area contributed by atoms with Crippen LogP contribution in [0.5, 0.6) is 17.2 Å². The first-order chi connectivity index (χ1) is 11.6. The number of carbonyl (C=O) groups excluding carboxylic acids is 1. The van der Waals surface area contributed by atoms with E-state index < -0.39 is 0 Å². The molecule has 128 valence electrons. The highest BCUT2D eigenvalue weighted by atomic mass is 16.5. The standard InChI is InChI=1S/C19H23NO4/c1-13(15-10-9-14(22-2)12-18(15)24-4)11-19(21)20-16-7-5-6-8-17(16)23-3/h5-10,12-13H,11H2,1-4H3,(H,20,21). The van der Waals surface area contributed by atoms with Gasteiger partial charge in [0.1, 0.15) is 17.2 Å². The summed E-state index contributed by atoms with van der Waals surface area (Å²) in [6.45, 7) is 1.99. The van der Waals surface area contributed by atoms with Crippen molar-refractivity contribution in [2.24, 2.45) is 0 Å². The molecule has 2 aromatic rings. The maximum atomic E-state index is 12.4. The average molecular weight is 329 g/mol. The summed E-state index contributed by atoms with van der Waals surface area (Å²) in [5, 5.41) is 2.89. The van der Waals surface area contributed by atoms with E-state index in [1.54, 1.807) is 21.3 Å². The van der Waals surface area contributed by atoms with Gasteiger partial charge in [0, 0.05) is 12.5 Å². The van der Waals surface area contributed by atoms with Crippen molar-refractivity contribution in [1.29, 1.82) is 0 Å². The summed E-state index contributed by atoms with van der Waals surface area (Å²) in [5.41, 5.74) is 1.63. The lowest BCUT2D eigenvalue weighted by atomic mass is 9.96. The molecule has 5 heteroatoms. The second-order valence-corrected chi connectivity index (χ2v) is 5.46. The summed E-state index contributed by atoms with van der Waals surface area (Å²) < 4.78 is 15.9. The van der Waals surface area contributed by atoms with Crippen molar-refractivity contribution in [2.75, 3.05) is 26.6 Å². The van der Waals surface area contributed by atoms with Crippen LogP contribution >= 0.6 is 0 Å². The average Bonchev–Trinajstić information content (AvgIpc) is 2.61. The largest absolute Gasteiger partial charge is 0.497 e. The van der Waals surface area contributed by atoms with Crippen LogP contribution in [0.15, 0.2) is 42.5 Å². The van der Waals surface area contributed by atoms with Crippen LogP contribution in [-0.2, 0) is 4.79 Å². The van der Waals surface area contributed by atoms with Crippen molar-refractivity contribution in [3.63, 3.8) is 0 Å². The van der Waals surface area contributed by atoms with Crippen LogP contribution in [0.25, 0.3) is 0 Å². The molecule has 2 rings (SSSR count). The van der Waals surface area contributed by atoms with Crippen molar-refractivity contribution in [1.82, 2.24) is 0 Å².